The maximum atomic E-state index is 10.9. The van der Waals surface area contributed by atoms with E-state index in [0.717, 1.165) is 17.4 Å². The second-order valence-electron chi connectivity index (χ2n) is 7.39. The Labute approximate surface area is 139 Å². The van der Waals surface area contributed by atoms with Gasteiger partial charge < -0.3 is 15.2 Å². The molecule has 2 N–H and O–H groups in total. The van der Waals surface area contributed by atoms with Gasteiger partial charge in [-0.2, -0.15) is 0 Å². The summed E-state index contributed by atoms with van der Waals surface area (Å²) in [6.07, 6.45) is 5.02. The van der Waals surface area contributed by atoms with E-state index >= 15 is 0 Å². The monoisotopic (exact) mass is 319 g/mol. The highest BCUT2D eigenvalue weighted by atomic mass is 16.5. The van der Waals surface area contributed by atoms with E-state index < -0.39 is 12.0 Å². The van der Waals surface area contributed by atoms with Gasteiger partial charge in [0.2, 0.25) is 0 Å². The average Bonchev–Trinajstić information content (AvgIpc) is 2.49. The van der Waals surface area contributed by atoms with E-state index in [1.807, 2.05) is 24.3 Å². The van der Waals surface area contributed by atoms with Crippen LogP contribution in [0.25, 0.3) is 0 Å². The van der Waals surface area contributed by atoms with Gasteiger partial charge in [0.25, 0.3) is 0 Å². The number of carbonyl (C=O) groups is 1. The zero-order valence-electron chi connectivity index (χ0n) is 14.6. The molecule has 4 heteroatoms. The first-order valence-electron chi connectivity index (χ1n) is 8.56. The number of carboxylic acids is 1. The molecule has 0 aromatic heterocycles. The summed E-state index contributed by atoms with van der Waals surface area (Å²) in [6, 6.07) is 6.94. The third-order valence-electron chi connectivity index (χ3n) is 4.99. The minimum atomic E-state index is -0.863. The lowest BCUT2D eigenvalue weighted by Crippen LogP contribution is -2.39. The van der Waals surface area contributed by atoms with Gasteiger partial charge in [0.15, 0.2) is 0 Å². The minimum absolute atomic E-state index is 0.177. The van der Waals surface area contributed by atoms with Gasteiger partial charge >= 0.3 is 5.97 Å². The molecule has 128 valence electrons. The number of nitrogens with one attached hydrogen (secondary N) is 1. The molecule has 1 aliphatic carbocycles. The van der Waals surface area contributed by atoms with Crippen LogP contribution in [0.15, 0.2) is 24.3 Å². The van der Waals surface area contributed by atoms with Crippen molar-refractivity contribution in [2.45, 2.75) is 65.0 Å². The number of aliphatic carboxylic acids is 1. The first kappa shape index (κ1) is 17.6. The Morgan fingerprint density at radius 1 is 1.22 bits per heavy atom. The molecule has 0 radical (unpaired) electrons. The molecule has 2 rings (SSSR count). The predicted octanol–water partition coefficient (Wildman–Crippen LogP) is 4.56. The summed E-state index contributed by atoms with van der Waals surface area (Å²) in [6.45, 7) is 8.30. The second kappa shape index (κ2) is 7.24. The minimum Gasteiger partial charge on any atom is -0.488 e. The molecule has 1 atom stereocenters. The fraction of sp³-hybridized carbons (Fsp3) is 0.632. The topological polar surface area (TPSA) is 58.6 Å². The van der Waals surface area contributed by atoms with Gasteiger partial charge in [-0.1, -0.05) is 19.8 Å². The van der Waals surface area contributed by atoms with E-state index in [-0.39, 0.29) is 5.60 Å². The molecule has 23 heavy (non-hydrogen) atoms. The lowest BCUT2D eigenvalue weighted by atomic mass is 9.75. The van der Waals surface area contributed by atoms with Crippen molar-refractivity contribution < 1.29 is 14.6 Å². The molecule has 1 saturated carbocycles. The van der Waals surface area contributed by atoms with Crippen LogP contribution in [0, 0.1) is 11.8 Å². The quantitative estimate of drug-likeness (QED) is 0.807. The SMILES string of the molecule is CC1CCC(C(C)(C)Oc2ccc(N[C@@H](C)C(=O)O)cc2)CC1. The Bertz CT molecular complexity index is 516. The van der Waals surface area contributed by atoms with Crippen LogP contribution in [0.4, 0.5) is 5.69 Å². The molecule has 0 spiro atoms. The van der Waals surface area contributed by atoms with Crippen molar-refractivity contribution in [2.24, 2.45) is 11.8 Å². The highest BCUT2D eigenvalue weighted by Crippen LogP contribution is 2.37. The molecule has 0 bridgehead atoms. The van der Waals surface area contributed by atoms with E-state index in [0.29, 0.717) is 5.92 Å². The maximum Gasteiger partial charge on any atom is 0.325 e. The summed E-state index contributed by atoms with van der Waals surface area (Å²) in [5.74, 6) is 1.40. The van der Waals surface area contributed by atoms with Crippen LogP contribution in [0.1, 0.15) is 53.4 Å². The number of anilines is 1. The number of carboxylic acid groups (broad SMARTS) is 1. The second-order valence-corrected chi connectivity index (χ2v) is 7.39. The van der Waals surface area contributed by atoms with E-state index in [4.69, 9.17) is 9.84 Å². The summed E-state index contributed by atoms with van der Waals surface area (Å²) in [7, 11) is 0. The summed E-state index contributed by atoms with van der Waals surface area (Å²) in [4.78, 5) is 10.9. The zero-order chi connectivity index (χ0) is 17.0. The van der Waals surface area contributed by atoms with E-state index in [1.165, 1.54) is 25.7 Å². The Hall–Kier alpha value is -1.71. The number of rotatable bonds is 6. The lowest BCUT2D eigenvalue weighted by molar-refractivity contribution is -0.137. The van der Waals surface area contributed by atoms with Gasteiger partial charge in [-0.25, -0.2) is 0 Å². The van der Waals surface area contributed by atoms with Crippen molar-refractivity contribution in [2.75, 3.05) is 5.32 Å². The Kier molecular flexibility index (Phi) is 5.55. The first-order valence-corrected chi connectivity index (χ1v) is 8.56. The molecule has 0 saturated heterocycles. The fourth-order valence-corrected chi connectivity index (χ4v) is 3.27. The Morgan fingerprint density at radius 3 is 2.30 bits per heavy atom. The molecular weight excluding hydrogens is 290 g/mol. The van der Waals surface area contributed by atoms with Crippen LogP contribution < -0.4 is 10.1 Å². The molecule has 0 amide bonds. The predicted molar refractivity (Wildman–Crippen MR) is 93.0 cm³/mol. The van der Waals surface area contributed by atoms with Crippen LogP contribution in [0.3, 0.4) is 0 Å². The van der Waals surface area contributed by atoms with Gasteiger partial charge in [0.1, 0.15) is 17.4 Å². The molecule has 1 aromatic rings. The van der Waals surface area contributed by atoms with Crippen molar-refractivity contribution in [3.63, 3.8) is 0 Å². The van der Waals surface area contributed by atoms with Gasteiger partial charge in [-0.3, -0.25) is 4.79 Å². The Balaban J connectivity index is 1.95. The van der Waals surface area contributed by atoms with Crippen LogP contribution in [0.5, 0.6) is 5.75 Å². The molecule has 1 fully saturated rings. The standard InChI is InChI=1S/C19H29NO3/c1-13-5-7-15(8-6-13)19(3,4)23-17-11-9-16(10-12-17)20-14(2)18(21)22/h9-15,20H,5-8H2,1-4H3,(H,21,22)/t13?,14-,15?/m0/s1. The average molecular weight is 319 g/mol. The fourth-order valence-electron chi connectivity index (χ4n) is 3.27. The van der Waals surface area contributed by atoms with Crippen LogP contribution >= 0.6 is 0 Å². The normalized spacial score (nSPS) is 23.1. The Morgan fingerprint density at radius 2 is 1.78 bits per heavy atom. The van der Waals surface area contributed by atoms with E-state index in [9.17, 15) is 4.79 Å². The molecule has 1 aliphatic rings. The van der Waals surface area contributed by atoms with Crippen LogP contribution in [-0.2, 0) is 4.79 Å². The van der Waals surface area contributed by atoms with Gasteiger partial charge in [0, 0.05) is 5.69 Å². The molecular formula is C19H29NO3. The van der Waals surface area contributed by atoms with Crippen molar-refractivity contribution in [3.05, 3.63) is 24.3 Å². The van der Waals surface area contributed by atoms with Crippen LogP contribution in [-0.4, -0.2) is 22.7 Å². The van der Waals surface area contributed by atoms with Crippen molar-refractivity contribution >= 4 is 11.7 Å². The molecule has 4 nitrogen and oxygen atoms in total. The summed E-state index contributed by atoms with van der Waals surface area (Å²) >= 11 is 0. The highest BCUT2D eigenvalue weighted by Gasteiger charge is 2.34. The largest absolute Gasteiger partial charge is 0.488 e. The number of hydrogen-bond acceptors (Lipinski definition) is 3. The lowest BCUT2D eigenvalue weighted by Gasteiger charge is -2.38. The third-order valence-corrected chi connectivity index (χ3v) is 4.99. The number of ether oxygens (including phenoxy) is 1. The van der Waals surface area contributed by atoms with Crippen LogP contribution in [0.2, 0.25) is 0 Å². The molecule has 0 aliphatic heterocycles. The van der Waals surface area contributed by atoms with E-state index in [1.54, 1.807) is 6.92 Å². The number of benzene rings is 1. The van der Waals surface area contributed by atoms with Crippen molar-refractivity contribution in [1.82, 2.24) is 0 Å². The highest BCUT2D eigenvalue weighted by molar-refractivity contribution is 5.76. The van der Waals surface area contributed by atoms with Gasteiger partial charge in [0.05, 0.1) is 0 Å². The summed E-state index contributed by atoms with van der Waals surface area (Å²) in [5.41, 5.74) is 0.611. The van der Waals surface area contributed by atoms with Crippen molar-refractivity contribution in [1.29, 1.82) is 0 Å². The maximum absolute atomic E-state index is 10.9. The third kappa shape index (κ3) is 4.88. The smallest absolute Gasteiger partial charge is 0.325 e. The summed E-state index contributed by atoms with van der Waals surface area (Å²) < 4.78 is 6.24. The summed E-state index contributed by atoms with van der Waals surface area (Å²) in [5, 5.41) is 11.9. The number of hydrogen-bond donors (Lipinski definition) is 2. The van der Waals surface area contributed by atoms with E-state index in [2.05, 4.69) is 26.1 Å². The first-order chi connectivity index (χ1) is 10.8. The molecule has 1 aromatic carbocycles. The molecule has 0 heterocycles. The zero-order valence-corrected chi connectivity index (χ0v) is 14.6. The van der Waals surface area contributed by atoms with Gasteiger partial charge in [-0.05, 0) is 69.7 Å². The van der Waals surface area contributed by atoms with Gasteiger partial charge in [-0.15, -0.1) is 0 Å². The van der Waals surface area contributed by atoms with Crippen molar-refractivity contribution in [3.8, 4) is 5.75 Å². The molecule has 0 unspecified atom stereocenters.